The summed E-state index contributed by atoms with van der Waals surface area (Å²) in [7, 11) is 0. The predicted molar refractivity (Wildman–Crippen MR) is 62.4 cm³/mol. The van der Waals surface area contributed by atoms with E-state index in [1.165, 1.54) is 12.1 Å². The van der Waals surface area contributed by atoms with Crippen molar-refractivity contribution in [2.24, 2.45) is 0 Å². The van der Waals surface area contributed by atoms with Crippen molar-refractivity contribution in [1.29, 1.82) is 0 Å². The highest BCUT2D eigenvalue weighted by molar-refractivity contribution is 6.04. The zero-order chi connectivity index (χ0) is 12.0. The number of phenols is 1. The SMILES string of the molecule is O=C(O)c1c2c(nc3ccc(O)cc13)CCC2. The summed E-state index contributed by atoms with van der Waals surface area (Å²) in [6.45, 7) is 0. The molecule has 0 radical (unpaired) electrons. The average molecular weight is 229 g/mol. The second-order valence-electron chi connectivity index (χ2n) is 4.27. The fraction of sp³-hybridized carbons (Fsp3) is 0.231. The van der Waals surface area contributed by atoms with Gasteiger partial charge in [0.15, 0.2) is 0 Å². The molecule has 1 aliphatic rings. The Morgan fingerprint density at radius 2 is 2.12 bits per heavy atom. The summed E-state index contributed by atoms with van der Waals surface area (Å²) in [5, 5.41) is 19.3. The number of phenolic OH excluding ortho intramolecular Hbond substituents is 1. The van der Waals surface area contributed by atoms with Crippen molar-refractivity contribution in [3.8, 4) is 5.75 Å². The van der Waals surface area contributed by atoms with Crippen LogP contribution in [-0.4, -0.2) is 21.2 Å². The van der Waals surface area contributed by atoms with Gasteiger partial charge in [0.25, 0.3) is 0 Å². The molecular formula is C13H11NO3. The standard InChI is InChI=1S/C13H11NO3/c15-7-4-5-11-9(6-7)12(13(16)17)8-2-1-3-10(8)14-11/h4-6,15H,1-3H2,(H,16,17). The maximum Gasteiger partial charge on any atom is 0.336 e. The molecule has 17 heavy (non-hydrogen) atoms. The molecule has 2 N–H and O–H groups in total. The van der Waals surface area contributed by atoms with E-state index in [1.54, 1.807) is 6.07 Å². The third kappa shape index (κ3) is 1.45. The molecule has 0 saturated carbocycles. The Kier molecular flexibility index (Phi) is 2.04. The van der Waals surface area contributed by atoms with Gasteiger partial charge in [-0.2, -0.15) is 0 Å². The van der Waals surface area contributed by atoms with Crippen LogP contribution in [0.1, 0.15) is 28.0 Å². The lowest BCUT2D eigenvalue weighted by Gasteiger charge is -2.08. The summed E-state index contributed by atoms with van der Waals surface area (Å²) in [5.74, 6) is -0.874. The third-order valence-electron chi connectivity index (χ3n) is 3.21. The van der Waals surface area contributed by atoms with Gasteiger partial charge >= 0.3 is 5.97 Å². The number of carboxylic acids is 1. The number of hydrogen-bond acceptors (Lipinski definition) is 3. The number of aromatic hydroxyl groups is 1. The molecule has 0 atom stereocenters. The minimum absolute atomic E-state index is 0.0692. The summed E-state index contributed by atoms with van der Waals surface area (Å²) >= 11 is 0. The van der Waals surface area contributed by atoms with Gasteiger partial charge in [-0.15, -0.1) is 0 Å². The Bertz CT molecular complexity index is 634. The number of pyridine rings is 1. The van der Waals surface area contributed by atoms with E-state index < -0.39 is 5.97 Å². The Morgan fingerprint density at radius 3 is 2.88 bits per heavy atom. The molecule has 3 rings (SSSR count). The van der Waals surface area contributed by atoms with Gasteiger partial charge in [-0.1, -0.05) is 0 Å². The van der Waals surface area contributed by atoms with Gasteiger partial charge in [0.1, 0.15) is 5.75 Å². The Balaban J connectivity index is 2.45. The van der Waals surface area contributed by atoms with Crippen molar-refractivity contribution >= 4 is 16.9 Å². The van der Waals surface area contributed by atoms with E-state index in [2.05, 4.69) is 4.98 Å². The van der Waals surface area contributed by atoms with E-state index in [-0.39, 0.29) is 5.75 Å². The van der Waals surface area contributed by atoms with E-state index in [1.807, 2.05) is 0 Å². The van der Waals surface area contributed by atoms with Crippen LogP contribution in [0.4, 0.5) is 0 Å². The number of carboxylic acid groups (broad SMARTS) is 1. The fourth-order valence-electron chi connectivity index (χ4n) is 2.49. The largest absolute Gasteiger partial charge is 0.508 e. The maximum atomic E-state index is 11.4. The Labute approximate surface area is 97.5 Å². The topological polar surface area (TPSA) is 70.4 Å². The summed E-state index contributed by atoms with van der Waals surface area (Å²) in [5.41, 5.74) is 2.66. The first-order valence-corrected chi connectivity index (χ1v) is 5.54. The van der Waals surface area contributed by atoms with Crippen LogP contribution in [-0.2, 0) is 12.8 Å². The third-order valence-corrected chi connectivity index (χ3v) is 3.21. The number of hydrogen-bond donors (Lipinski definition) is 2. The minimum atomic E-state index is -0.943. The minimum Gasteiger partial charge on any atom is -0.508 e. The van der Waals surface area contributed by atoms with Crippen molar-refractivity contribution in [2.75, 3.05) is 0 Å². The fourth-order valence-corrected chi connectivity index (χ4v) is 2.49. The zero-order valence-electron chi connectivity index (χ0n) is 9.10. The van der Waals surface area contributed by atoms with Crippen LogP contribution >= 0.6 is 0 Å². The molecular weight excluding hydrogens is 218 g/mol. The molecule has 0 fully saturated rings. The first kappa shape index (κ1) is 10.1. The van der Waals surface area contributed by atoms with E-state index in [0.29, 0.717) is 16.5 Å². The van der Waals surface area contributed by atoms with Gasteiger partial charge in [0, 0.05) is 11.1 Å². The first-order valence-electron chi connectivity index (χ1n) is 5.54. The maximum absolute atomic E-state index is 11.4. The van der Waals surface area contributed by atoms with Crippen LogP contribution in [0.25, 0.3) is 10.9 Å². The van der Waals surface area contributed by atoms with Crippen LogP contribution in [0, 0.1) is 0 Å². The number of fused-ring (bicyclic) bond motifs is 2. The lowest BCUT2D eigenvalue weighted by molar-refractivity contribution is 0.0698. The van der Waals surface area contributed by atoms with Crippen molar-refractivity contribution in [1.82, 2.24) is 4.98 Å². The number of carbonyl (C=O) groups is 1. The number of nitrogens with zero attached hydrogens (tertiary/aromatic N) is 1. The van der Waals surface area contributed by atoms with Crippen molar-refractivity contribution in [3.63, 3.8) is 0 Å². The highest BCUT2D eigenvalue weighted by Crippen LogP contribution is 2.31. The predicted octanol–water partition coefficient (Wildman–Crippen LogP) is 2.13. The molecule has 0 spiro atoms. The highest BCUT2D eigenvalue weighted by atomic mass is 16.4. The van der Waals surface area contributed by atoms with Crippen LogP contribution in [0.5, 0.6) is 5.75 Å². The van der Waals surface area contributed by atoms with Gasteiger partial charge in [-0.25, -0.2) is 4.79 Å². The summed E-state index contributed by atoms with van der Waals surface area (Å²) in [6, 6.07) is 4.67. The molecule has 1 aromatic carbocycles. The van der Waals surface area contributed by atoms with Gasteiger partial charge < -0.3 is 10.2 Å². The lowest BCUT2D eigenvalue weighted by atomic mass is 10.0. The smallest absolute Gasteiger partial charge is 0.336 e. The zero-order valence-corrected chi connectivity index (χ0v) is 9.10. The normalized spacial score (nSPS) is 13.9. The van der Waals surface area contributed by atoms with Crippen LogP contribution in [0.15, 0.2) is 18.2 Å². The lowest BCUT2D eigenvalue weighted by Crippen LogP contribution is -2.05. The molecule has 4 nitrogen and oxygen atoms in total. The molecule has 4 heteroatoms. The molecule has 0 bridgehead atoms. The van der Waals surface area contributed by atoms with E-state index in [4.69, 9.17) is 0 Å². The average Bonchev–Trinajstić information content (AvgIpc) is 2.72. The number of aromatic carboxylic acids is 1. The number of aryl methyl sites for hydroxylation is 1. The number of benzene rings is 1. The van der Waals surface area contributed by atoms with Crippen LogP contribution in [0.2, 0.25) is 0 Å². The molecule has 1 aliphatic carbocycles. The van der Waals surface area contributed by atoms with E-state index in [0.717, 1.165) is 30.5 Å². The van der Waals surface area contributed by atoms with Crippen LogP contribution in [0.3, 0.4) is 0 Å². The number of rotatable bonds is 1. The molecule has 0 amide bonds. The van der Waals surface area contributed by atoms with E-state index >= 15 is 0 Å². The second kappa shape index (κ2) is 3.45. The van der Waals surface area contributed by atoms with Gasteiger partial charge in [0.2, 0.25) is 0 Å². The molecule has 0 aliphatic heterocycles. The molecule has 1 aromatic heterocycles. The molecule has 0 saturated heterocycles. The van der Waals surface area contributed by atoms with Gasteiger partial charge in [-0.3, -0.25) is 4.98 Å². The monoisotopic (exact) mass is 229 g/mol. The van der Waals surface area contributed by atoms with Gasteiger partial charge in [0.05, 0.1) is 11.1 Å². The summed E-state index contributed by atoms with van der Waals surface area (Å²) in [6.07, 6.45) is 2.55. The molecule has 0 unspecified atom stereocenters. The quantitative estimate of drug-likeness (QED) is 0.785. The molecule has 2 aromatic rings. The Hall–Kier alpha value is -2.10. The second-order valence-corrected chi connectivity index (χ2v) is 4.27. The first-order chi connectivity index (χ1) is 8.16. The van der Waals surface area contributed by atoms with Crippen molar-refractivity contribution < 1.29 is 15.0 Å². The molecule has 1 heterocycles. The summed E-state index contributed by atoms with van der Waals surface area (Å²) < 4.78 is 0. The van der Waals surface area contributed by atoms with Crippen LogP contribution < -0.4 is 0 Å². The summed E-state index contributed by atoms with van der Waals surface area (Å²) in [4.78, 5) is 15.8. The van der Waals surface area contributed by atoms with Gasteiger partial charge in [-0.05, 0) is 43.0 Å². The molecule has 86 valence electrons. The highest BCUT2D eigenvalue weighted by Gasteiger charge is 2.23. The van der Waals surface area contributed by atoms with E-state index in [9.17, 15) is 15.0 Å². The Morgan fingerprint density at radius 1 is 1.29 bits per heavy atom. The van der Waals surface area contributed by atoms with Crippen molar-refractivity contribution in [2.45, 2.75) is 19.3 Å². The number of aromatic nitrogens is 1. The van der Waals surface area contributed by atoms with Crippen molar-refractivity contribution in [3.05, 3.63) is 35.0 Å².